The van der Waals surface area contributed by atoms with E-state index < -0.39 is 0 Å². The molecule has 0 aliphatic carbocycles. The number of aryl methyl sites for hydroxylation is 1. The van der Waals surface area contributed by atoms with Crippen molar-refractivity contribution in [3.05, 3.63) is 52.4 Å². The van der Waals surface area contributed by atoms with Crippen molar-refractivity contribution in [3.8, 4) is 0 Å². The van der Waals surface area contributed by atoms with Crippen LogP contribution in [-0.2, 0) is 0 Å². The zero-order valence-electron chi connectivity index (χ0n) is 11.8. The van der Waals surface area contributed by atoms with Gasteiger partial charge in [0.05, 0.1) is 5.52 Å². The number of nitrogens with zero attached hydrogens (tertiary/aromatic N) is 2. The van der Waals surface area contributed by atoms with Crippen LogP contribution in [0, 0.1) is 6.92 Å². The number of benzene rings is 1. The van der Waals surface area contributed by atoms with E-state index >= 15 is 0 Å². The van der Waals surface area contributed by atoms with E-state index in [0.29, 0.717) is 22.7 Å². The first-order valence-corrected chi connectivity index (χ1v) is 6.58. The van der Waals surface area contributed by atoms with Gasteiger partial charge in [-0.3, -0.25) is 4.79 Å². The predicted molar refractivity (Wildman–Crippen MR) is 84.2 cm³/mol. The molecule has 3 N–H and O–H groups in total. The summed E-state index contributed by atoms with van der Waals surface area (Å²) >= 11 is 0. The smallest absolute Gasteiger partial charge is 0.261 e. The molecule has 0 saturated carbocycles. The molecule has 0 aliphatic heterocycles. The van der Waals surface area contributed by atoms with Crippen molar-refractivity contribution < 1.29 is 0 Å². The summed E-state index contributed by atoms with van der Waals surface area (Å²) in [6, 6.07) is 9.63. The highest BCUT2D eigenvalue weighted by Gasteiger charge is 2.10. The predicted octanol–water partition coefficient (Wildman–Crippen LogP) is 2.41. The van der Waals surface area contributed by atoms with Crippen molar-refractivity contribution in [3.63, 3.8) is 0 Å². The van der Waals surface area contributed by atoms with Gasteiger partial charge in [0.1, 0.15) is 11.2 Å². The van der Waals surface area contributed by atoms with E-state index in [1.807, 2.05) is 31.2 Å². The maximum atomic E-state index is 12.1. The SMILES string of the molecule is CNc1nc(Nc2cccc(C)c2)c2c(=O)[nH]ccc2n1. The lowest BCUT2D eigenvalue weighted by molar-refractivity contribution is 1.17. The summed E-state index contributed by atoms with van der Waals surface area (Å²) in [4.78, 5) is 23.4. The first kappa shape index (κ1) is 13.1. The lowest BCUT2D eigenvalue weighted by Gasteiger charge is -2.10. The van der Waals surface area contributed by atoms with Crippen molar-refractivity contribution >= 4 is 28.4 Å². The highest BCUT2D eigenvalue weighted by atomic mass is 16.1. The van der Waals surface area contributed by atoms with Gasteiger partial charge in [-0.2, -0.15) is 4.98 Å². The standard InChI is InChI=1S/C15H15N5O/c1-9-4-3-5-10(8-9)18-13-12-11(6-7-17-14(12)21)19-15(16-2)20-13/h3-8H,1-2H3,(H,17,21)(H2,16,18,19,20). The maximum Gasteiger partial charge on any atom is 0.261 e. The van der Waals surface area contributed by atoms with Gasteiger partial charge in [-0.05, 0) is 30.7 Å². The van der Waals surface area contributed by atoms with Crippen LogP contribution in [0.3, 0.4) is 0 Å². The minimum atomic E-state index is -0.217. The highest BCUT2D eigenvalue weighted by Crippen LogP contribution is 2.22. The average molecular weight is 281 g/mol. The molecule has 0 fully saturated rings. The third-order valence-corrected chi connectivity index (χ3v) is 3.12. The van der Waals surface area contributed by atoms with E-state index in [-0.39, 0.29) is 5.56 Å². The van der Waals surface area contributed by atoms with Crippen LogP contribution in [0.15, 0.2) is 41.3 Å². The normalized spacial score (nSPS) is 10.6. The van der Waals surface area contributed by atoms with E-state index in [0.717, 1.165) is 11.3 Å². The van der Waals surface area contributed by atoms with Crippen LogP contribution in [0.25, 0.3) is 10.9 Å². The number of anilines is 3. The molecule has 3 aromatic rings. The van der Waals surface area contributed by atoms with Gasteiger partial charge < -0.3 is 15.6 Å². The Kier molecular flexibility index (Phi) is 3.27. The molecule has 2 aromatic heterocycles. The Balaban J connectivity index is 2.18. The van der Waals surface area contributed by atoms with Gasteiger partial charge in [0, 0.05) is 18.9 Å². The first-order valence-electron chi connectivity index (χ1n) is 6.58. The summed E-state index contributed by atoms with van der Waals surface area (Å²) < 4.78 is 0. The van der Waals surface area contributed by atoms with Crippen molar-refractivity contribution in [2.24, 2.45) is 0 Å². The number of rotatable bonds is 3. The van der Waals surface area contributed by atoms with E-state index in [1.165, 1.54) is 0 Å². The third kappa shape index (κ3) is 2.55. The highest BCUT2D eigenvalue weighted by molar-refractivity contribution is 5.90. The van der Waals surface area contributed by atoms with E-state index in [2.05, 4.69) is 25.6 Å². The van der Waals surface area contributed by atoms with Gasteiger partial charge >= 0.3 is 0 Å². The Hall–Kier alpha value is -2.89. The number of fused-ring (bicyclic) bond motifs is 1. The number of aromatic nitrogens is 3. The van der Waals surface area contributed by atoms with Crippen LogP contribution in [0.4, 0.5) is 17.5 Å². The van der Waals surface area contributed by atoms with Gasteiger partial charge in [0.2, 0.25) is 5.95 Å². The molecule has 0 spiro atoms. The Morgan fingerprint density at radius 1 is 1.19 bits per heavy atom. The molecule has 0 saturated heterocycles. The van der Waals surface area contributed by atoms with Crippen molar-refractivity contribution in [1.82, 2.24) is 15.0 Å². The van der Waals surface area contributed by atoms with Gasteiger partial charge in [0.25, 0.3) is 5.56 Å². The zero-order valence-corrected chi connectivity index (χ0v) is 11.8. The Bertz CT molecular complexity index is 856. The van der Waals surface area contributed by atoms with Crippen LogP contribution in [0.1, 0.15) is 5.56 Å². The van der Waals surface area contributed by atoms with Gasteiger partial charge in [-0.15, -0.1) is 0 Å². The monoisotopic (exact) mass is 281 g/mol. The van der Waals surface area contributed by atoms with Crippen LogP contribution in [0.5, 0.6) is 0 Å². The molecule has 1 aromatic carbocycles. The molecule has 2 heterocycles. The second kappa shape index (κ2) is 5.24. The third-order valence-electron chi connectivity index (χ3n) is 3.12. The van der Waals surface area contributed by atoms with Gasteiger partial charge in [0.15, 0.2) is 0 Å². The maximum absolute atomic E-state index is 12.1. The van der Waals surface area contributed by atoms with Crippen molar-refractivity contribution in [1.29, 1.82) is 0 Å². The molecule has 3 rings (SSSR count). The summed E-state index contributed by atoms with van der Waals surface area (Å²) in [5.74, 6) is 0.944. The minimum absolute atomic E-state index is 0.217. The van der Waals surface area contributed by atoms with E-state index in [4.69, 9.17) is 0 Å². The molecule has 0 atom stereocenters. The molecule has 6 nitrogen and oxygen atoms in total. The number of H-pyrrole nitrogens is 1. The fourth-order valence-electron chi connectivity index (χ4n) is 2.15. The number of hydrogen-bond acceptors (Lipinski definition) is 5. The number of aromatic amines is 1. The fraction of sp³-hybridized carbons (Fsp3) is 0.133. The first-order chi connectivity index (χ1) is 10.2. The Morgan fingerprint density at radius 2 is 2.05 bits per heavy atom. The van der Waals surface area contributed by atoms with Crippen LogP contribution in [-0.4, -0.2) is 22.0 Å². The molecular weight excluding hydrogens is 266 g/mol. The molecule has 0 bridgehead atoms. The van der Waals surface area contributed by atoms with Crippen LogP contribution < -0.4 is 16.2 Å². The average Bonchev–Trinajstić information content (AvgIpc) is 2.47. The summed E-state index contributed by atoms with van der Waals surface area (Å²) in [5, 5.41) is 6.54. The number of pyridine rings is 1. The summed E-state index contributed by atoms with van der Waals surface area (Å²) in [6.45, 7) is 2.01. The fourth-order valence-corrected chi connectivity index (χ4v) is 2.15. The summed E-state index contributed by atoms with van der Waals surface area (Å²) in [7, 11) is 1.74. The van der Waals surface area contributed by atoms with E-state index in [9.17, 15) is 4.79 Å². The lowest BCUT2D eigenvalue weighted by Crippen LogP contribution is -2.11. The zero-order chi connectivity index (χ0) is 14.8. The van der Waals surface area contributed by atoms with Gasteiger partial charge in [-0.25, -0.2) is 4.98 Å². The summed E-state index contributed by atoms with van der Waals surface area (Å²) in [6.07, 6.45) is 1.58. The second-order valence-corrected chi connectivity index (χ2v) is 4.71. The second-order valence-electron chi connectivity index (χ2n) is 4.71. The minimum Gasteiger partial charge on any atom is -0.357 e. The molecular formula is C15H15N5O. The lowest BCUT2D eigenvalue weighted by atomic mass is 10.2. The van der Waals surface area contributed by atoms with Crippen molar-refractivity contribution in [2.45, 2.75) is 6.92 Å². The number of hydrogen-bond donors (Lipinski definition) is 3. The van der Waals surface area contributed by atoms with E-state index in [1.54, 1.807) is 19.3 Å². The van der Waals surface area contributed by atoms with Crippen LogP contribution in [0.2, 0.25) is 0 Å². The molecule has 0 aliphatic rings. The molecule has 106 valence electrons. The number of nitrogens with one attached hydrogen (secondary N) is 3. The topological polar surface area (TPSA) is 82.7 Å². The Morgan fingerprint density at radius 3 is 2.81 bits per heavy atom. The van der Waals surface area contributed by atoms with Crippen LogP contribution >= 0.6 is 0 Å². The molecule has 0 amide bonds. The Labute approximate surface area is 121 Å². The molecule has 6 heteroatoms. The molecule has 0 radical (unpaired) electrons. The summed E-state index contributed by atoms with van der Waals surface area (Å²) in [5.41, 5.74) is 2.37. The largest absolute Gasteiger partial charge is 0.357 e. The quantitative estimate of drug-likeness (QED) is 0.686. The molecule has 0 unspecified atom stereocenters. The van der Waals surface area contributed by atoms with Gasteiger partial charge in [-0.1, -0.05) is 12.1 Å². The molecule has 21 heavy (non-hydrogen) atoms. The van der Waals surface area contributed by atoms with Crippen molar-refractivity contribution in [2.75, 3.05) is 17.7 Å².